The molecule has 0 unspecified atom stereocenters. The van der Waals surface area contributed by atoms with Crippen molar-refractivity contribution in [2.45, 2.75) is 37.2 Å². The number of hydrogen-bond acceptors (Lipinski definition) is 5. The van der Waals surface area contributed by atoms with Crippen LogP contribution < -0.4 is 10.2 Å². The van der Waals surface area contributed by atoms with Gasteiger partial charge in [-0.3, -0.25) is 4.90 Å². The molecule has 1 aromatic heterocycles. The van der Waals surface area contributed by atoms with E-state index in [1.54, 1.807) is 4.90 Å². The molecular formula is C17H23N3O3. The summed E-state index contributed by atoms with van der Waals surface area (Å²) in [5.74, 6) is 1.20. The van der Waals surface area contributed by atoms with Crippen LogP contribution in [0.5, 0.6) is 0 Å². The van der Waals surface area contributed by atoms with Gasteiger partial charge in [0.25, 0.3) is 0 Å². The van der Waals surface area contributed by atoms with E-state index in [-0.39, 0.29) is 11.7 Å². The molecule has 3 saturated heterocycles. The number of carbonyl (C=O) groups excluding carboxylic acids is 1. The van der Waals surface area contributed by atoms with Gasteiger partial charge in [0.15, 0.2) is 0 Å². The van der Waals surface area contributed by atoms with E-state index in [1.807, 2.05) is 12.1 Å². The Labute approximate surface area is 136 Å². The minimum absolute atomic E-state index is 0.276. The predicted molar refractivity (Wildman–Crippen MR) is 85.7 cm³/mol. The van der Waals surface area contributed by atoms with Gasteiger partial charge in [0.05, 0.1) is 19.8 Å². The lowest BCUT2D eigenvalue weighted by Gasteiger charge is -2.30. The van der Waals surface area contributed by atoms with Gasteiger partial charge in [-0.1, -0.05) is 6.07 Å². The number of hydrogen-bond donors (Lipinski definition) is 1. The molecule has 124 valence electrons. The quantitative estimate of drug-likeness (QED) is 0.904. The number of aromatic nitrogens is 1. The molecule has 3 aliphatic rings. The van der Waals surface area contributed by atoms with Crippen LogP contribution in [-0.4, -0.2) is 49.5 Å². The molecule has 3 fully saturated rings. The number of pyridine rings is 1. The number of anilines is 1. The summed E-state index contributed by atoms with van der Waals surface area (Å²) in [6.07, 6.45) is 3.46. The molecule has 0 radical (unpaired) electrons. The van der Waals surface area contributed by atoms with E-state index in [0.29, 0.717) is 25.7 Å². The Kier molecular flexibility index (Phi) is 3.95. The Morgan fingerprint density at radius 3 is 2.78 bits per heavy atom. The third-order valence-corrected chi connectivity index (χ3v) is 5.16. The monoisotopic (exact) mass is 317 g/mol. The fourth-order valence-electron chi connectivity index (χ4n) is 3.74. The molecule has 0 saturated carbocycles. The highest BCUT2D eigenvalue weighted by molar-refractivity contribution is 5.89. The summed E-state index contributed by atoms with van der Waals surface area (Å²) in [5, 5.41) is 3.38. The van der Waals surface area contributed by atoms with E-state index in [1.165, 1.54) is 0 Å². The van der Waals surface area contributed by atoms with E-state index >= 15 is 0 Å². The Balaban J connectivity index is 1.54. The number of carbonyl (C=O) groups is 1. The van der Waals surface area contributed by atoms with Crippen molar-refractivity contribution >= 4 is 11.9 Å². The second kappa shape index (κ2) is 6.09. The van der Waals surface area contributed by atoms with Gasteiger partial charge in [-0.25, -0.2) is 9.78 Å². The maximum absolute atomic E-state index is 12.3. The second-order valence-electron chi connectivity index (χ2n) is 6.69. The minimum atomic E-state index is -0.387. The number of piperidine rings is 1. The second-order valence-corrected chi connectivity index (χ2v) is 6.69. The summed E-state index contributed by atoms with van der Waals surface area (Å²) in [6, 6.07) is 5.98. The molecule has 1 amide bonds. The zero-order valence-corrected chi connectivity index (χ0v) is 13.3. The Morgan fingerprint density at radius 2 is 2.00 bits per heavy atom. The molecule has 0 atom stereocenters. The van der Waals surface area contributed by atoms with Crippen LogP contribution in [0, 0.1) is 0 Å². The van der Waals surface area contributed by atoms with Crippen LogP contribution in [0.4, 0.5) is 10.6 Å². The van der Waals surface area contributed by atoms with Crippen molar-refractivity contribution in [1.29, 1.82) is 0 Å². The van der Waals surface area contributed by atoms with Crippen LogP contribution >= 0.6 is 0 Å². The molecule has 0 aromatic carbocycles. The maximum Gasteiger partial charge on any atom is 0.416 e. The fraction of sp³-hybridized carbons (Fsp3) is 0.647. The van der Waals surface area contributed by atoms with Crippen LogP contribution in [0.15, 0.2) is 18.2 Å². The highest BCUT2D eigenvalue weighted by Gasteiger charge is 2.47. The number of rotatable bonds is 2. The molecule has 4 rings (SSSR count). The molecule has 1 aromatic rings. The van der Waals surface area contributed by atoms with E-state index in [0.717, 1.165) is 50.3 Å². The van der Waals surface area contributed by atoms with Crippen LogP contribution in [0.25, 0.3) is 0 Å². The molecule has 3 aliphatic heterocycles. The molecule has 23 heavy (non-hydrogen) atoms. The number of ether oxygens (including phenoxy) is 2. The summed E-state index contributed by atoms with van der Waals surface area (Å²) < 4.78 is 11.1. The summed E-state index contributed by atoms with van der Waals surface area (Å²) >= 11 is 0. The van der Waals surface area contributed by atoms with Crippen molar-refractivity contribution in [3.8, 4) is 0 Å². The van der Waals surface area contributed by atoms with Crippen molar-refractivity contribution in [2.75, 3.05) is 37.7 Å². The van der Waals surface area contributed by atoms with Crippen molar-refractivity contribution < 1.29 is 14.3 Å². The van der Waals surface area contributed by atoms with E-state index < -0.39 is 0 Å². The Morgan fingerprint density at radius 1 is 1.22 bits per heavy atom. The van der Waals surface area contributed by atoms with Gasteiger partial charge in [0, 0.05) is 24.5 Å². The minimum Gasteiger partial charge on any atom is -0.440 e. The molecule has 6 heteroatoms. The average molecular weight is 317 g/mol. The highest BCUT2D eigenvalue weighted by atomic mass is 16.6. The van der Waals surface area contributed by atoms with Crippen LogP contribution in [-0.2, 0) is 9.47 Å². The molecule has 4 heterocycles. The lowest BCUT2D eigenvalue weighted by molar-refractivity contribution is -0.0431. The van der Waals surface area contributed by atoms with Gasteiger partial charge >= 0.3 is 6.09 Å². The van der Waals surface area contributed by atoms with Gasteiger partial charge in [0.2, 0.25) is 0 Å². The average Bonchev–Trinajstić information content (AvgIpc) is 2.92. The van der Waals surface area contributed by atoms with Crippen LogP contribution in [0.3, 0.4) is 0 Å². The molecule has 1 spiro atoms. The zero-order valence-electron chi connectivity index (χ0n) is 13.3. The molecule has 1 N–H and O–H groups in total. The normalized spacial score (nSPS) is 24.9. The highest BCUT2D eigenvalue weighted by Crippen LogP contribution is 2.35. The SMILES string of the molecule is O=C1OC2(CCOCC2)CN1c1cccc(C2CCNCC2)n1. The summed E-state index contributed by atoms with van der Waals surface area (Å²) in [6.45, 7) is 3.96. The first-order valence-corrected chi connectivity index (χ1v) is 8.52. The van der Waals surface area contributed by atoms with E-state index in [4.69, 9.17) is 14.5 Å². The summed E-state index contributed by atoms with van der Waals surface area (Å²) in [4.78, 5) is 18.8. The Bertz CT molecular complexity index is 580. The summed E-state index contributed by atoms with van der Waals surface area (Å²) in [5.41, 5.74) is 0.701. The van der Waals surface area contributed by atoms with Gasteiger partial charge < -0.3 is 14.8 Å². The first-order valence-electron chi connectivity index (χ1n) is 8.52. The molecule has 0 aliphatic carbocycles. The molecule has 6 nitrogen and oxygen atoms in total. The standard InChI is InChI=1S/C17H23N3O3/c21-16-20(12-17(23-16)6-10-22-11-7-17)15-3-1-2-14(19-15)13-4-8-18-9-5-13/h1-3,13,18H,4-12H2. The number of amides is 1. The largest absolute Gasteiger partial charge is 0.440 e. The molecular weight excluding hydrogens is 294 g/mol. The van der Waals surface area contributed by atoms with E-state index in [9.17, 15) is 4.79 Å². The topological polar surface area (TPSA) is 63.7 Å². The van der Waals surface area contributed by atoms with Crippen LogP contribution in [0.2, 0.25) is 0 Å². The lowest BCUT2D eigenvalue weighted by Crippen LogP contribution is -2.40. The number of nitrogens with zero attached hydrogens (tertiary/aromatic N) is 2. The van der Waals surface area contributed by atoms with Gasteiger partial charge in [-0.2, -0.15) is 0 Å². The van der Waals surface area contributed by atoms with Gasteiger partial charge in [-0.05, 0) is 38.1 Å². The zero-order chi connectivity index (χ0) is 15.7. The maximum atomic E-state index is 12.3. The van der Waals surface area contributed by atoms with Crippen molar-refractivity contribution in [2.24, 2.45) is 0 Å². The van der Waals surface area contributed by atoms with Crippen molar-refractivity contribution in [3.05, 3.63) is 23.9 Å². The smallest absolute Gasteiger partial charge is 0.416 e. The van der Waals surface area contributed by atoms with Crippen molar-refractivity contribution in [3.63, 3.8) is 0 Å². The first-order chi connectivity index (χ1) is 11.3. The third kappa shape index (κ3) is 2.93. The Hall–Kier alpha value is -1.66. The lowest BCUT2D eigenvalue weighted by atomic mass is 9.94. The third-order valence-electron chi connectivity index (χ3n) is 5.16. The van der Waals surface area contributed by atoms with Gasteiger partial charge in [0.1, 0.15) is 11.4 Å². The molecule has 0 bridgehead atoms. The van der Waals surface area contributed by atoms with Gasteiger partial charge in [-0.15, -0.1) is 0 Å². The first kappa shape index (κ1) is 14.9. The fourth-order valence-corrected chi connectivity index (χ4v) is 3.74. The van der Waals surface area contributed by atoms with Crippen molar-refractivity contribution in [1.82, 2.24) is 10.3 Å². The van der Waals surface area contributed by atoms with Crippen LogP contribution in [0.1, 0.15) is 37.3 Å². The number of nitrogens with one attached hydrogen (secondary N) is 1. The summed E-state index contributed by atoms with van der Waals surface area (Å²) in [7, 11) is 0. The van der Waals surface area contributed by atoms with E-state index in [2.05, 4.69) is 11.4 Å². The predicted octanol–water partition coefficient (Wildman–Crippen LogP) is 2.05.